The largest absolute Gasteiger partial charge is 0.493 e. The number of benzene rings is 3. The lowest BCUT2D eigenvalue weighted by Crippen LogP contribution is -2.35. The highest BCUT2D eigenvalue weighted by molar-refractivity contribution is 7.80. The molecule has 4 heteroatoms. The van der Waals surface area contributed by atoms with Gasteiger partial charge in [-0.05, 0) is 135 Å². The van der Waals surface area contributed by atoms with Crippen LogP contribution in [-0.4, -0.2) is 23.6 Å². The lowest BCUT2D eigenvalue weighted by molar-refractivity contribution is 0.242. The van der Waals surface area contributed by atoms with Crippen molar-refractivity contribution in [2.45, 2.75) is 104 Å². The molecule has 1 aliphatic carbocycles. The Hall–Kier alpha value is -3.37. The molecular formula is C41H53NO2S. The quantitative estimate of drug-likeness (QED) is 0.120. The van der Waals surface area contributed by atoms with Crippen molar-refractivity contribution in [1.29, 1.82) is 0 Å². The molecule has 240 valence electrons. The average Bonchev–Trinajstić information content (AvgIpc) is 3.05. The maximum atomic E-state index is 6.40. The van der Waals surface area contributed by atoms with E-state index in [1.807, 2.05) is 6.07 Å². The molecule has 0 saturated heterocycles. The van der Waals surface area contributed by atoms with E-state index in [4.69, 9.17) is 21.7 Å². The number of allylic oxidation sites excluding steroid dienone is 1. The minimum atomic E-state index is 0.189. The van der Waals surface area contributed by atoms with Crippen molar-refractivity contribution in [2.75, 3.05) is 6.61 Å². The second-order valence-electron chi connectivity index (χ2n) is 12.8. The van der Waals surface area contributed by atoms with E-state index in [9.17, 15) is 0 Å². The zero-order valence-electron chi connectivity index (χ0n) is 28.0. The van der Waals surface area contributed by atoms with Gasteiger partial charge in [0.05, 0.1) is 12.7 Å². The molecule has 1 aliphatic rings. The summed E-state index contributed by atoms with van der Waals surface area (Å²) in [5.74, 6) is 2.36. The van der Waals surface area contributed by atoms with Gasteiger partial charge >= 0.3 is 0 Å². The smallest absolute Gasteiger partial charge is 0.128 e. The van der Waals surface area contributed by atoms with Crippen molar-refractivity contribution < 1.29 is 9.47 Å². The summed E-state index contributed by atoms with van der Waals surface area (Å²) in [7, 11) is 0. The first kappa shape index (κ1) is 34.5. The van der Waals surface area contributed by atoms with Gasteiger partial charge in [-0.1, -0.05) is 88.1 Å². The molecule has 0 bridgehead atoms. The van der Waals surface area contributed by atoms with Crippen LogP contribution in [0, 0.1) is 5.92 Å². The summed E-state index contributed by atoms with van der Waals surface area (Å²) in [4.78, 5) is 1.21. The Kier molecular flexibility index (Phi) is 13.3. The minimum Gasteiger partial charge on any atom is -0.493 e. The fourth-order valence-electron chi connectivity index (χ4n) is 6.21. The van der Waals surface area contributed by atoms with Gasteiger partial charge in [-0.3, -0.25) is 0 Å². The Morgan fingerprint density at radius 2 is 1.62 bits per heavy atom. The van der Waals surface area contributed by atoms with E-state index in [1.54, 1.807) is 0 Å². The third-order valence-corrected chi connectivity index (χ3v) is 9.48. The van der Waals surface area contributed by atoms with Gasteiger partial charge in [-0.2, -0.15) is 0 Å². The van der Waals surface area contributed by atoms with Gasteiger partial charge in [-0.15, -0.1) is 0 Å². The van der Waals surface area contributed by atoms with Gasteiger partial charge in [0.1, 0.15) is 11.5 Å². The molecule has 0 aromatic heterocycles. The Bertz CT molecular complexity index is 1420. The van der Waals surface area contributed by atoms with Crippen molar-refractivity contribution in [3.05, 3.63) is 108 Å². The van der Waals surface area contributed by atoms with E-state index in [2.05, 4.69) is 107 Å². The Balaban J connectivity index is 1.30. The maximum absolute atomic E-state index is 6.40. The van der Waals surface area contributed by atoms with E-state index < -0.39 is 0 Å². The second-order valence-corrected chi connectivity index (χ2v) is 13.3. The molecule has 2 atom stereocenters. The van der Waals surface area contributed by atoms with Crippen LogP contribution in [0.25, 0.3) is 11.3 Å². The normalized spacial score (nSPS) is 16.3. The van der Waals surface area contributed by atoms with Crippen molar-refractivity contribution in [1.82, 2.24) is 5.32 Å². The van der Waals surface area contributed by atoms with Crippen LogP contribution < -0.4 is 14.8 Å². The average molecular weight is 624 g/mol. The number of ether oxygens (including phenoxy) is 2. The summed E-state index contributed by atoms with van der Waals surface area (Å²) in [6, 6.07) is 24.3. The summed E-state index contributed by atoms with van der Waals surface area (Å²) in [5.41, 5.74) is 8.24. The van der Waals surface area contributed by atoms with Crippen molar-refractivity contribution in [3.8, 4) is 11.5 Å². The van der Waals surface area contributed by atoms with E-state index in [1.165, 1.54) is 34.4 Å². The monoisotopic (exact) mass is 623 g/mol. The van der Waals surface area contributed by atoms with Gasteiger partial charge in [-0.25, -0.2) is 0 Å². The molecule has 0 heterocycles. The van der Waals surface area contributed by atoms with Gasteiger partial charge in [0.2, 0.25) is 0 Å². The Morgan fingerprint density at radius 3 is 2.33 bits per heavy atom. The molecule has 0 radical (unpaired) electrons. The first-order valence-corrected chi connectivity index (χ1v) is 17.4. The molecular weight excluding hydrogens is 571 g/mol. The van der Waals surface area contributed by atoms with Crippen LogP contribution in [0.4, 0.5) is 0 Å². The first-order valence-electron chi connectivity index (χ1n) is 17.0. The Morgan fingerprint density at radius 1 is 0.889 bits per heavy atom. The van der Waals surface area contributed by atoms with E-state index >= 15 is 0 Å². The summed E-state index contributed by atoms with van der Waals surface area (Å²) in [6.07, 6.45) is 10.7. The number of rotatable bonds is 17. The van der Waals surface area contributed by atoms with Gasteiger partial charge in [0.15, 0.2) is 0 Å². The number of nitrogens with one attached hydrogen (secondary N) is 1. The SMILES string of the molecule is C=C(CC)c1ccc(OCCCc2ccc(CCc3cccc(OC(C)C)c3)cc2)c(C(=C)NC2CCCC(C(=S)CC)C2)c1. The number of hydrogen-bond acceptors (Lipinski definition) is 4. The summed E-state index contributed by atoms with van der Waals surface area (Å²) in [6.45, 7) is 17.8. The molecule has 45 heavy (non-hydrogen) atoms. The molecule has 3 aromatic rings. The predicted octanol–water partition coefficient (Wildman–Crippen LogP) is 10.6. The molecule has 0 amide bonds. The third kappa shape index (κ3) is 10.6. The van der Waals surface area contributed by atoms with E-state index in [0.29, 0.717) is 18.6 Å². The van der Waals surface area contributed by atoms with E-state index in [-0.39, 0.29) is 6.10 Å². The molecule has 0 aliphatic heterocycles. The van der Waals surface area contributed by atoms with Crippen LogP contribution >= 0.6 is 12.2 Å². The van der Waals surface area contributed by atoms with Gasteiger partial charge in [0.25, 0.3) is 0 Å². The number of thiocarbonyl (C=S) groups is 1. The minimum absolute atomic E-state index is 0.189. The van der Waals surface area contributed by atoms with Crippen LogP contribution in [0.1, 0.15) is 100 Å². The summed E-state index contributed by atoms with van der Waals surface area (Å²) < 4.78 is 12.3. The Labute approximate surface area is 278 Å². The van der Waals surface area contributed by atoms with Gasteiger partial charge in [0, 0.05) is 17.3 Å². The predicted molar refractivity (Wildman–Crippen MR) is 196 cm³/mol. The summed E-state index contributed by atoms with van der Waals surface area (Å²) in [5, 5.41) is 3.75. The van der Waals surface area contributed by atoms with Crippen molar-refractivity contribution in [3.63, 3.8) is 0 Å². The molecule has 2 unspecified atom stereocenters. The molecule has 3 nitrogen and oxygen atoms in total. The van der Waals surface area contributed by atoms with Crippen LogP contribution in [-0.2, 0) is 19.3 Å². The zero-order chi connectivity index (χ0) is 32.2. The number of hydrogen-bond donors (Lipinski definition) is 1. The maximum Gasteiger partial charge on any atom is 0.128 e. The molecule has 1 saturated carbocycles. The third-order valence-electron chi connectivity index (χ3n) is 8.86. The lowest BCUT2D eigenvalue weighted by atomic mass is 9.83. The fraction of sp³-hybridized carbons (Fsp3) is 0.439. The van der Waals surface area contributed by atoms with Crippen molar-refractivity contribution >= 4 is 28.4 Å². The highest BCUT2D eigenvalue weighted by atomic mass is 32.1. The molecule has 0 spiro atoms. The summed E-state index contributed by atoms with van der Waals surface area (Å²) >= 11 is 5.68. The number of aryl methyl sites for hydroxylation is 3. The molecule has 1 N–H and O–H groups in total. The second kappa shape index (κ2) is 17.4. The van der Waals surface area contributed by atoms with Gasteiger partial charge < -0.3 is 14.8 Å². The van der Waals surface area contributed by atoms with Crippen LogP contribution in [0.5, 0.6) is 11.5 Å². The van der Waals surface area contributed by atoms with E-state index in [0.717, 1.165) is 85.3 Å². The van der Waals surface area contributed by atoms with Crippen LogP contribution in [0.3, 0.4) is 0 Å². The fourth-order valence-corrected chi connectivity index (χ4v) is 6.42. The lowest BCUT2D eigenvalue weighted by Gasteiger charge is -2.31. The topological polar surface area (TPSA) is 30.5 Å². The molecule has 1 fully saturated rings. The standard InChI is InChI=1S/C41H53NO2S/c1-7-30(5)35-23-24-40(39(28-35)31(6)42-37-15-10-14-36(27-37)41(45)8-2)43-25-11-13-32-17-19-33(20-18-32)21-22-34-12-9-16-38(26-34)44-29(3)4/h9,12,16-20,23-24,26,28-29,36-37,42H,5-8,10-11,13-15,21-22,25,27H2,1-4H3. The zero-order valence-corrected chi connectivity index (χ0v) is 28.8. The van der Waals surface area contributed by atoms with Crippen molar-refractivity contribution in [2.24, 2.45) is 5.92 Å². The van der Waals surface area contributed by atoms with Crippen LogP contribution in [0.2, 0.25) is 0 Å². The highest BCUT2D eigenvalue weighted by Crippen LogP contribution is 2.32. The van der Waals surface area contributed by atoms with Crippen LogP contribution in [0.15, 0.2) is 79.9 Å². The first-order chi connectivity index (χ1) is 21.7. The molecule has 4 rings (SSSR count). The molecule has 3 aromatic carbocycles. The highest BCUT2D eigenvalue weighted by Gasteiger charge is 2.25.